The first-order chi connectivity index (χ1) is 14.3. The van der Waals surface area contributed by atoms with E-state index in [2.05, 4.69) is 22.5 Å². The lowest BCUT2D eigenvalue weighted by molar-refractivity contribution is 0.0952. The van der Waals surface area contributed by atoms with Gasteiger partial charge in [0.15, 0.2) is 0 Å². The quantitative estimate of drug-likeness (QED) is 0.541. The van der Waals surface area contributed by atoms with Crippen LogP contribution in [-0.2, 0) is 13.1 Å². The van der Waals surface area contributed by atoms with E-state index < -0.39 is 0 Å². The van der Waals surface area contributed by atoms with E-state index in [0.717, 1.165) is 40.6 Å². The van der Waals surface area contributed by atoms with Gasteiger partial charge in [0.1, 0.15) is 0 Å². The van der Waals surface area contributed by atoms with Crippen LogP contribution in [0.2, 0.25) is 0 Å². The first-order valence-corrected chi connectivity index (χ1v) is 9.99. The van der Waals surface area contributed by atoms with Crippen LogP contribution in [0.15, 0.2) is 73.1 Å². The molecule has 0 spiro atoms. The molecule has 1 amide bonds. The van der Waals surface area contributed by atoms with Crippen molar-refractivity contribution < 1.29 is 4.79 Å². The minimum atomic E-state index is -0.0528. The van der Waals surface area contributed by atoms with Crippen LogP contribution in [0, 0.1) is 0 Å². The zero-order valence-electron chi connectivity index (χ0n) is 16.1. The largest absolute Gasteiger partial charge is 0.348 e. The lowest BCUT2D eigenvalue weighted by Gasteiger charge is -2.11. The lowest BCUT2D eigenvalue weighted by atomic mass is 10.0. The Morgan fingerprint density at radius 1 is 1.03 bits per heavy atom. The monoisotopic (exact) mass is 382 g/mol. The Morgan fingerprint density at radius 2 is 1.90 bits per heavy atom. The van der Waals surface area contributed by atoms with E-state index in [1.807, 2.05) is 59.4 Å². The predicted molar refractivity (Wildman–Crippen MR) is 113 cm³/mol. The molecule has 1 aliphatic carbocycles. The van der Waals surface area contributed by atoms with Gasteiger partial charge in [-0.25, -0.2) is 0 Å². The SMILES string of the molecule is O=C(NCc1cccc(Cn2cccn2)c1)c1cc(C2CC2)nc2ccccc12. The molecule has 1 saturated carbocycles. The van der Waals surface area contributed by atoms with Gasteiger partial charge in [0.25, 0.3) is 5.91 Å². The molecule has 5 rings (SSSR count). The van der Waals surface area contributed by atoms with E-state index in [9.17, 15) is 4.79 Å². The summed E-state index contributed by atoms with van der Waals surface area (Å²) < 4.78 is 1.89. The highest BCUT2D eigenvalue weighted by molar-refractivity contribution is 6.06. The topological polar surface area (TPSA) is 59.8 Å². The number of hydrogen-bond acceptors (Lipinski definition) is 3. The van der Waals surface area contributed by atoms with Gasteiger partial charge in [-0.15, -0.1) is 0 Å². The number of carbonyl (C=O) groups excluding carboxylic acids is 1. The van der Waals surface area contributed by atoms with Gasteiger partial charge in [-0.3, -0.25) is 14.5 Å². The minimum Gasteiger partial charge on any atom is -0.348 e. The molecule has 1 aliphatic rings. The van der Waals surface area contributed by atoms with E-state index in [-0.39, 0.29) is 5.91 Å². The number of pyridine rings is 1. The third kappa shape index (κ3) is 3.90. The number of hydrogen-bond donors (Lipinski definition) is 1. The molecule has 5 nitrogen and oxygen atoms in total. The molecule has 0 bridgehead atoms. The Bertz CT molecular complexity index is 1160. The number of amides is 1. The van der Waals surface area contributed by atoms with Gasteiger partial charge >= 0.3 is 0 Å². The Hall–Kier alpha value is -3.47. The van der Waals surface area contributed by atoms with E-state index in [0.29, 0.717) is 24.6 Å². The highest BCUT2D eigenvalue weighted by atomic mass is 16.1. The molecule has 5 heteroatoms. The van der Waals surface area contributed by atoms with Gasteiger partial charge < -0.3 is 5.32 Å². The van der Waals surface area contributed by atoms with Crippen molar-refractivity contribution in [3.05, 3.63) is 95.4 Å². The summed E-state index contributed by atoms with van der Waals surface area (Å²) in [5.41, 5.74) is 4.87. The van der Waals surface area contributed by atoms with Crippen molar-refractivity contribution >= 4 is 16.8 Å². The van der Waals surface area contributed by atoms with Crippen molar-refractivity contribution in [1.82, 2.24) is 20.1 Å². The summed E-state index contributed by atoms with van der Waals surface area (Å²) in [4.78, 5) is 17.8. The Kier molecular flexibility index (Phi) is 4.56. The molecule has 0 saturated heterocycles. The number of aromatic nitrogens is 3. The lowest BCUT2D eigenvalue weighted by Crippen LogP contribution is -2.23. The maximum absolute atomic E-state index is 13.0. The highest BCUT2D eigenvalue weighted by Crippen LogP contribution is 2.40. The predicted octanol–water partition coefficient (Wildman–Crippen LogP) is 4.29. The summed E-state index contributed by atoms with van der Waals surface area (Å²) in [5.74, 6) is 0.452. The second-order valence-electron chi connectivity index (χ2n) is 7.59. The molecule has 144 valence electrons. The summed E-state index contributed by atoms with van der Waals surface area (Å²) in [6, 6.07) is 20.0. The second kappa shape index (κ2) is 7.51. The first kappa shape index (κ1) is 17.6. The molecule has 0 unspecified atom stereocenters. The molecule has 4 aromatic rings. The maximum atomic E-state index is 13.0. The fourth-order valence-electron chi connectivity index (χ4n) is 3.67. The maximum Gasteiger partial charge on any atom is 0.252 e. The third-order valence-corrected chi connectivity index (χ3v) is 5.32. The van der Waals surface area contributed by atoms with Crippen molar-refractivity contribution in [2.24, 2.45) is 0 Å². The molecular weight excluding hydrogens is 360 g/mol. The van der Waals surface area contributed by atoms with Crippen LogP contribution < -0.4 is 5.32 Å². The zero-order chi connectivity index (χ0) is 19.6. The molecular formula is C24H22N4O. The molecule has 0 radical (unpaired) electrons. The molecule has 1 fully saturated rings. The van der Waals surface area contributed by atoms with E-state index in [1.165, 1.54) is 0 Å². The average Bonchev–Trinajstić information content (AvgIpc) is 3.49. The van der Waals surface area contributed by atoms with Gasteiger partial charge in [-0.05, 0) is 42.2 Å². The van der Waals surface area contributed by atoms with Crippen LogP contribution in [0.4, 0.5) is 0 Å². The molecule has 0 atom stereocenters. The van der Waals surface area contributed by atoms with Crippen molar-refractivity contribution in [1.29, 1.82) is 0 Å². The summed E-state index contributed by atoms with van der Waals surface area (Å²) in [5, 5.41) is 8.25. The summed E-state index contributed by atoms with van der Waals surface area (Å²) in [6.07, 6.45) is 6.05. The Morgan fingerprint density at radius 3 is 2.72 bits per heavy atom. The van der Waals surface area contributed by atoms with Crippen molar-refractivity contribution in [2.75, 3.05) is 0 Å². The van der Waals surface area contributed by atoms with Gasteiger partial charge in [0.05, 0.1) is 17.6 Å². The number of para-hydroxylation sites is 1. The number of carbonyl (C=O) groups is 1. The normalized spacial score (nSPS) is 13.5. The van der Waals surface area contributed by atoms with Crippen LogP contribution in [0.5, 0.6) is 0 Å². The van der Waals surface area contributed by atoms with E-state index >= 15 is 0 Å². The van der Waals surface area contributed by atoms with Crippen molar-refractivity contribution in [3.63, 3.8) is 0 Å². The molecule has 2 aromatic carbocycles. The first-order valence-electron chi connectivity index (χ1n) is 9.99. The van der Waals surface area contributed by atoms with E-state index in [4.69, 9.17) is 4.98 Å². The fraction of sp³-hybridized carbons (Fsp3) is 0.208. The van der Waals surface area contributed by atoms with Crippen LogP contribution in [0.3, 0.4) is 0 Å². The third-order valence-electron chi connectivity index (χ3n) is 5.32. The van der Waals surface area contributed by atoms with Crippen LogP contribution in [0.25, 0.3) is 10.9 Å². The molecule has 0 aliphatic heterocycles. The van der Waals surface area contributed by atoms with Crippen LogP contribution >= 0.6 is 0 Å². The van der Waals surface area contributed by atoms with Gasteiger partial charge in [-0.1, -0.05) is 42.5 Å². The standard InChI is InChI=1S/C24H22N4O/c29-24(21-14-23(19-9-10-19)27-22-8-2-1-7-20(21)22)25-15-17-5-3-6-18(13-17)16-28-12-4-11-26-28/h1-8,11-14,19H,9-10,15-16H2,(H,25,29). The smallest absolute Gasteiger partial charge is 0.252 e. The second-order valence-corrected chi connectivity index (χ2v) is 7.59. The van der Waals surface area contributed by atoms with Crippen LogP contribution in [0.1, 0.15) is 45.9 Å². The minimum absolute atomic E-state index is 0.0528. The summed E-state index contributed by atoms with van der Waals surface area (Å²) in [7, 11) is 0. The van der Waals surface area contributed by atoms with Crippen molar-refractivity contribution in [2.45, 2.75) is 31.8 Å². The molecule has 2 aromatic heterocycles. The Balaban J connectivity index is 1.35. The molecule has 2 heterocycles. The Labute approximate surface area is 169 Å². The zero-order valence-corrected chi connectivity index (χ0v) is 16.1. The molecule has 29 heavy (non-hydrogen) atoms. The number of nitrogens with zero attached hydrogens (tertiary/aromatic N) is 3. The van der Waals surface area contributed by atoms with Gasteiger partial charge in [0.2, 0.25) is 0 Å². The average molecular weight is 382 g/mol. The van der Waals surface area contributed by atoms with Gasteiger partial charge in [0, 0.05) is 35.9 Å². The number of fused-ring (bicyclic) bond motifs is 1. The van der Waals surface area contributed by atoms with E-state index in [1.54, 1.807) is 6.20 Å². The number of rotatable bonds is 6. The summed E-state index contributed by atoms with van der Waals surface area (Å²) >= 11 is 0. The van der Waals surface area contributed by atoms with Crippen molar-refractivity contribution in [3.8, 4) is 0 Å². The number of nitrogens with one attached hydrogen (secondary N) is 1. The molecule has 1 N–H and O–H groups in total. The van der Waals surface area contributed by atoms with Crippen LogP contribution in [-0.4, -0.2) is 20.7 Å². The number of benzene rings is 2. The summed E-state index contributed by atoms with van der Waals surface area (Å²) in [6.45, 7) is 1.20. The highest BCUT2D eigenvalue weighted by Gasteiger charge is 2.26. The fourth-order valence-corrected chi connectivity index (χ4v) is 3.67. The van der Waals surface area contributed by atoms with Gasteiger partial charge in [-0.2, -0.15) is 5.10 Å².